The van der Waals surface area contributed by atoms with Crippen LogP contribution in [0.4, 0.5) is 0 Å². The third-order valence-electron chi connectivity index (χ3n) is 3.81. The first-order valence-corrected chi connectivity index (χ1v) is 6.66. The lowest BCUT2D eigenvalue weighted by atomic mass is 9.95. The van der Waals surface area contributed by atoms with Gasteiger partial charge in [0.1, 0.15) is 12.1 Å². The average Bonchev–Trinajstić information content (AvgIpc) is 2.86. The molecule has 0 bridgehead atoms. The highest BCUT2D eigenvalue weighted by molar-refractivity contribution is 5.79. The number of aliphatic carboxylic acids is 1. The lowest BCUT2D eigenvalue weighted by Gasteiger charge is -2.24. The Morgan fingerprint density at radius 1 is 1.30 bits per heavy atom. The summed E-state index contributed by atoms with van der Waals surface area (Å²) in [5.74, 6) is -1.35. The molecule has 108 valence electrons. The van der Waals surface area contributed by atoms with Gasteiger partial charge < -0.3 is 9.84 Å². The molecule has 0 aromatic heterocycles. The fourth-order valence-electron chi connectivity index (χ4n) is 2.69. The second-order valence-corrected chi connectivity index (χ2v) is 5.16. The normalized spacial score (nSPS) is 17.3. The molecule has 1 aliphatic rings. The van der Waals surface area contributed by atoms with Gasteiger partial charge in [0.15, 0.2) is 0 Å². The van der Waals surface area contributed by atoms with Gasteiger partial charge in [0.25, 0.3) is 0 Å². The van der Waals surface area contributed by atoms with Crippen LogP contribution in [0.5, 0.6) is 0 Å². The van der Waals surface area contributed by atoms with Gasteiger partial charge in [-0.25, -0.2) is 0 Å². The van der Waals surface area contributed by atoms with Crippen molar-refractivity contribution in [3.8, 4) is 0 Å². The van der Waals surface area contributed by atoms with Crippen LogP contribution in [-0.2, 0) is 27.2 Å². The SMILES string of the molecule is COC(=O)C(N[C@@H](C)C(=O)O)C1Cc2ccccc2C1. The predicted molar refractivity (Wildman–Crippen MR) is 73.4 cm³/mol. The second-order valence-electron chi connectivity index (χ2n) is 5.16. The van der Waals surface area contributed by atoms with Gasteiger partial charge in [-0.3, -0.25) is 14.9 Å². The maximum absolute atomic E-state index is 11.9. The molecule has 0 amide bonds. The van der Waals surface area contributed by atoms with E-state index in [-0.39, 0.29) is 5.92 Å². The van der Waals surface area contributed by atoms with Gasteiger partial charge in [-0.2, -0.15) is 0 Å². The Morgan fingerprint density at radius 2 is 1.85 bits per heavy atom. The molecule has 2 rings (SSSR count). The monoisotopic (exact) mass is 277 g/mol. The first-order valence-electron chi connectivity index (χ1n) is 6.66. The van der Waals surface area contributed by atoms with E-state index in [0.29, 0.717) is 0 Å². The molecule has 1 aromatic carbocycles. The van der Waals surface area contributed by atoms with Crippen LogP contribution in [0, 0.1) is 5.92 Å². The van der Waals surface area contributed by atoms with Gasteiger partial charge in [0.2, 0.25) is 0 Å². The van der Waals surface area contributed by atoms with Gasteiger partial charge in [-0.05, 0) is 36.8 Å². The summed E-state index contributed by atoms with van der Waals surface area (Å²) in [4.78, 5) is 22.9. The number of hydrogen-bond acceptors (Lipinski definition) is 4. The number of rotatable bonds is 5. The Labute approximate surface area is 117 Å². The quantitative estimate of drug-likeness (QED) is 0.785. The number of ether oxygens (including phenoxy) is 1. The van der Waals surface area contributed by atoms with E-state index < -0.39 is 24.0 Å². The predicted octanol–water partition coefficient (Wildman–Crippen LogP) is 1.01. The van der Waals surface area contributed by atoms with Crippen LogP contribution in [0.1, 0.15) is 18.1 Å². The number of fused-ring (bicyclic) bond motifs is 1. The molecule has 1 aliphatic carbocycles. The number of esters is 1. The van der Waals surface area contributed by atoms with Crippen molar-refractivity contribution < 1.29 is 19.4 Å². The Morgan fingerprint density at radius 3 is 2.30 bits per heavy atom. The summed E-state index contributed by atoms with van der Waals surface area (Å²) >= 11 is 0. The number of benzene rings is 1. The molecule has 2 atom stereocenters. The zero-order chi connectivity index (χ0) is 14.7. The van der Waals surface area contributed by atoms with E-state index in [1.54, 1.807) is 0 Å². The van der Waals surface area contributed by atoms with Crippen LogP contribution >= 0.6 is 0 Å². The van der Waals surface area contributed by atoms with Crippen molar-refractivity contribution >= 4 is 11.9 Å². The maximum atomic E-state index is 11.9. The molecule has 20 heavy (non-hydrogen) atoms. The number of methoxy groups -OCH3 is 1. The minimum absolute atomic E-state index is 0.0293. The van der Waals surface area contributed by atoms with Crippen LogP contribution in [-0.4, -0.2) is 36.2 Å². The highest BCUT2D eigenvalue weighted by Crippen LogP contribution is 2.29. The third-order valence-corrected chi connectivity index (χ3v) is 3.81. The van der Waals surface area contributed by atoms with Crippen molar-refractivity contribution in [2.45, 2.75) is 31.8 Å². The van der Waals surface area contributed by atoms with Gasteiger partial charge in [0, 0.05) is 0 Å². The topological polar surface area (TPSA) is 75.6 Å². The number of carbonyl (C=O) groups excluding carboxylic acids is 1. The van der Waals surface area contributed by atoms with E-state index in [2.05, 4.69) is 5.32 Å². The van der Waals surface area contributed by atoms with E-state index >= 15 is 0 Å². The molecular weight excluding hydrogens is 258 g/mol. The Hall–Kier alpha value is -1.88. The van der Waals surface area contributed by atoms with E-state index in [4.69, 9.17) is 9.84 Å². The molecule has 0 heterocycles. The average molecular weight is 277 g/mol. The minimum atomic E-state index is -0.977. The molecular formula is C15H19NO4. The van der Waals surface area contributed by atoms with Crippen LogP contribution in [0.2, 0.25) is 0 Å². The summed E-state index contributed by atoms with van der Waals surface area (Å²) in [5.41, 5.74) is 2.44. The fraction of sp³-hybridized carbons (Fsp3) is 0.467. The minimum Gasteiger partial charge on any atom is -0.480 e. The summed E-state index contributed by atoms with van der Waals surface area (Å²) < 4.78 is 4.81. The van der Waals surface area contributed by atoms with Gasteiger partial charge >= 0.3 is 11.9 Å². The summed E-state index contributed by atoms with van der Waals surface area (Å²) in [5, 5.41) is 11.9. The molecule has 0 saturated carbocycles. The first kappa shape index (κ1) is 14.5. The molecule has 0 aliphatic heterocycles. The van der Waals surface area contributed by atoms with Crippen molar-refractivity contribution in [2.24, 2.45) is 5.92 Å². The first-order chi connectivity index (χ1) is 9.52. The lowest BCUT2D eigenvalue weighted by Crippen LogP contribution is -2.50. The molecule has 0 fully saturated rings. The van der Waals surface area contributed by atoms with Crippen LogP contribution in [0.15, 0.2) is 24.3 Å². The second kappa shape index (κ2) is 6.05. The smallest absolute Gasteiger partial charge is 0.323 e. The van der Waals surface area contributed by atoms with Crippen molar-refractivity contribution in [1.29, 1.82) is 0 Å². The van der Waals surface area contributed by atoms with Crippen LogP contribution in [0.3, 0.4) is 0 Å². The van der Waals surface area contributed by atoms with Crippen LogP contribution in [0.25, 0.3) is 0 Å². The van der Waals surface area contributed by atoms with Gasteiger partial charge in [0.05, 0.1) is 7.11 Å². The van der Waals surface area contributed by atoms with Gasteiger partial charge in [-0.1, -0.05) is 24.3 Å². The van der Waals surface area contributed by atoms with Gasteiger partial charge in [-0.15, -0.1) is 0 Å². The zero-order valence-electron chi connectivity index (χ0n) is 11.6. The zero-order valence-corrected chi connectivity index (χ0v) is 11.6. The van der Waals surface area contributed by atoms with E-state index in [1.807, 2.05) is 24.3 Å². The van der Waals surface area contributed by atoms with Crippen LogP contribution < -0.4 is 5.32 Å². The fourth-order valence-corrected chi connectivity index (χ4v) is 2.69. The summed E-state index contributed by atoms with van der Waals surface area (Å²) in [7, 11) is 1.32. The molecule has 2 N–H and O–H groups in total. The Bertz CT molecular complexity index is 489. The van der Waals surface area contributed by atoms with Crippen molar-refractivity contribution in [1.82, 2.24) is 5.32 Å². The molecule has 0 saturated heterocycles. The largest absolute Gasteiger partial charge is 0.480 e. The van der Waals surface area contributed by atoms with E-state index in [0.717, 1.165) is 12.8 Å². The summed E-state index contributed by atoms with van der Waals surface area (Å²) in [6.07, 6.45) is 1.52. The summed E-state index contributed by atoms with van der Waals surface area (Å²) in [6, 6.07) is 6.65. The molecule has 0 spiro atoms. The molecule has 0 radical (unpaired) electrons. The van der Waals surface area contributed by atoms with E-state index in [1.165, 1.54) is 25.2 Å². The Balaban J connectivity index is 2.13. The molecule has 1 aromatic rings. The van der Waals surface area contributed by atoms with Crippen molar-refractivity contribution in [2.75, 3.05) is 7.11 Å². The number of carboxylic acids is 1. The molecule has 5 heteroatoms. The number of carbonyl (C=O) groups is 2. The Kier molecular flexibility index (Phi) is 4.39. The molecule has 5 nitrogen and oxygen atoms in total. The highest BCUT2D eigenvalue weighted by Gasteiger charge is 2.35. The maximum Gasteiger partial charge on any atom is 0.323 e. The van der Waals surface area contributed by atoms with E-state index in [9.17, 15) is 9.59 Å². The number of nitrogens with one attached hydrogen (secondary N) is 1. The molecule has 1 unspecified atom stereocenters. The van der Waals surface area contributed by atoms with Crippen molar-refractivity contribution in [3.05, 3.63) is 35.4 Å². The lowest BCUT2D eigenvalue weighted by molar-refractivity contribution is -0.146. The van der Waals surface area contributed by atoms with Crippen molar-refractivity contribution in [3.63, 3.8) is 0 Å². The number of carboxylic acid groups (broad SMARTS) is 1. The third kappa shape index (κ3) is 2.99. The highest BCUT2D eigenvalue weighted by atomic mass is 16.5. The summed E-state index contributed by atoms with van der Waals surface area (Å²) in [6.45, 7) is 1.53. The standard InChI is InChI=1S/C15H19NO4/c1-9(14(17)18)16-13(15(19)20-2)12-7-10-5-3-4-6-11(10)8-12/h3-6,9,12-13,16H,7-8H2,1-2H3,(H,17,18)/t9-,13?/m0/s1. The number of hydrogen-bond donors (Lipinski definition) is 2.